The van der Waals surface area contributed by atoms with Crippen molar-refractivity contribution in [2.45, 2.75) is 6.92 Å². The summed E-state index contributed by atoms with van der Waals surface area (Å²) in [4.78, 5) is 0. The van der Waals surface area contributed by atoms with Gasteiger partial charge in [0.25, 0.3) is 0 Å². The Hall–Kier alpha value is -0.440. The van der Waals surface area contributed by atoms with Crippen LogP contribution in [0.25, 0.3) is 10.1 Å². The second-order valence-corrected chi connectivity index (χ2v) is 4.46. The minimum absolute atomic E-state index is 0.604. The zero-order chi connectivity index (χ0) is 10.1. The van der Waals surface area contributed by atoms with Gasteiger partial charge < -0.3 is 4.74 Å². The van der Waals surface area contributed by atoms with Gasteiger partial charge in [-0.3, -0.25) is 0 Å². The lowest BCUT2D eigenvalue weighted by Crippen LogP contribution is -1.91. The monoisotopic (exact) mass is 246 g/mol. The number of hydrogen-bond acceptors (Lipinski definition) is 2. The lowest BCUT2D eigenvalue weighted by molar-refractivity contribution is 0.341. The Morgan fingerprint density at radius 3 is 2.86 bits per heavy atom. The molecule has 2 aromatic rings. The molecule has 1 heterocycles. The average molecular weight is 247 g/mol. The van der Waals surface area contributed by atoms with E-state index in [9.17, 15) is 0 Å². The van der Waals surface area contributed by atoms with Gasteiger partial charge in [-0.15, -0.1) is 11.3 Å². The molecule has 0 aliphatic carbocycles. The first-order valence-corrected chi connectivity index (χ1v) is 5.85. The zero-order valence-corrected chi connectivity index (χ0v) is 9.84. The van der Waals surface area contributed by atoms with Crippen LogP contribution in [0.15, 0.2) is 17.5 Å². The predicted octanol–water partition coefficient (Wildman–Crippen LogP) is 4.61. The largest absolute Gasteiger partial charge is 0.492 e. The molecule has 74 valence electrons. The van der Waals surface area contributed by atoms with E-state index in [4.69, 9.17) is 27.9 Å². The number of hydrogen-bond donors (Lipinski definition) is 0. The van der Waals surface area contributed by atoms with E-state index in [0.717, 1.165) is 10.1 Å². The standard InChI is InChI=1S/C10H8Cl2OS/c1-2-13-7-3-4-8-9(10(7)12)6(11)5-14-8/h3-5H,2H2,1H3. The zero-order valence-electron chi connectivity index (χ0n) is 7.51. The summed E-state index contributed by atoms with van der Waals surface area (Å²) in [7, 11) is 0. The van der Waals surface area contributed by atoms with Crippen molar-refractivity contribution in [2.75, 3.05) is 6.61 Å². The van der Waals surface area contributed by atoms with Gasteiger partial charge in [-0.05, 0) is 19.1 Å². The van der Waals surface area contributed by atoms with Crippen molar-refractivity contribution in [3.05, 3.63) is 27.6 Å². The van der Waals surface area contributed by atoms with Crippen LogP contribution >= 0.6 is 34.5 Å². The Morgan fingerprint density at radius 2 is 2.14 bits per heavy atom. The molecular formula is C10H8Cl2OS. The molecule has 0 fully saturated rings. The van der Waals surface area contributed by atoms with E-state index in [1.807, 2.05) is 24.4 Å². The van der Waals surface area contributed by atoms with Gasteiger partial charge in [-0.1, -0.05) is 23.2 Å². The highest BCUT2D eigenvalue weighted by Gasteiger charge is 2.10. The number of fused-ring (bicyclic) bond motifs is 1. The van der Waals surface area contributed by atoms with Crippen molar-refractivity contribution in [3.63, 3.8) is 0 Å². The normalized spacial score (nSPS) is 10.8. The van der Waals surface area contributed by atoms with Crippen molar-refractivity contribution in [3.8, 4) is 5.75 Å². The van der Waals surface area contributed by atoms with Gasteiger partial charge in [-0.2, -0.15) is 0 Å². The van der Waals surface area contributed by atoms with Crippen LogP contribution < -0.4 is 4.74 Å². The Morgan fingerprint density at radius 1 is 1.36 bits per heavy atom. The van der Waals surface area contributed by atoms with E-state index in [2.05, 4.69) is 0 Å². The van der Waals surface area contributed by atoms with E-state index in [-0.39, 0.29) is 0 Å². The van der Waals surface area contributed by atoms with E-state index in [0.29, 0.717) is 22.4 Å². The molecule has 0 atom stereocenters. The molecule has 0 spiro atoms. The molecule has 1 nitrogen and oxygen atoms in total. The Kier molecular flexibility index (Phi) is 2.86. The van der Waals surface area contributed by atoms with Gasteiger partial charge in [-0.25, -0.2) is 0 Å². The van der Waals surface area contributed by atoms with Crippen LogP contribution in [0.1, 0.15) is 6.92 Å². The van der Waals surface area contributed by atoms with Crippen molar-refractivity contribution in [2.24, 2.45) is 0 Å². The summed E-state index contributed by atoms with van der Waals surface area (Å²) in [6.07, 6.45) is 0. The number of halogens is 2. The van der Waals surface area contributed by atoms with Crippen LogP contribution in [0.2, 0.25) is 10.0 Å². The third-order valence-corrected chi connectivity index (χ3v) is 3.65. The van der Waals surface area contributed by atoms with E-state index >= 15 is 0 Å². The van der Waals surface area contributed by atoms with Crippen LogP contribution in [-0.2, 0) is 0 Å². The smallest absolute Gasteiger partial charge is 0.138 e. The molecule has 0 radical (unpaired) electrons. The summed E-state index contributed by atoms with van der Waals surface area (Å²) in [5, 5.41) is 4.07. The predicted molar refractivity (Wildman–Crippen MR) is 63.0 cm³/mol. The minimum atomic E-state index is 0.604. The van der Waals surface area contributed by atoms with Crippen LogP contribution in [0.4, 0.5) is 0 Å². The quantitative estimate of drug-likeness (QED) is 0.753. The molecule has 1 aromatic carbocycles. The molecule has 4 heteroatoms. The number of rotatable bonds is 2. The van der Waals surface area contributed by atoms with E-state index in [1.54, 1.807) is 11.3 Å². The third-order valence-electron chi connectivity index (χ3n) is 1.90. The third kappa shape index (κ3) is 1.58. The van der Waals surface area contributed by atoms with Crippen LogP contribution in [-0.4, -0.2) is 6.61 Å². The molecule has 0 aliphatic heterocycles. The summed E-state index contributed by atoms with van der Waals surface area (Å²) in [6.45, 7) is 2.53. The fourth-order valence-corrected chi connectivity index (χ4v) is 2.94. The lowest BCUT2D eigenvalue weighted by Gasteiger charge is -2.05. The van der Waals surface area contributed by atoms with Crippen molar-refractivity contribution in [1.82, 2.24) is 0 Å². The summed E-state index contributed by atoms with van der Waals surface area (Å²) in [5.41, 5.74) is 0. The van der Waals surface area contributed by atoms with Crippen molar-refractivity contribution >= 4 is 44.6 Å². The van der Waals surface area contributed by atoms with Gasteiger partial charge in [0.05, 0.1) is 16.7 Å². The van der Waals surface area contributed by atoms with Gasteiger partial charge in [0, 0.05) is 15.5 Å². The maximum Gasteiger partial charge on any atom is 0.138 e. The highest BCUT2D eigenvalue weighted by atomic mass is 35.5. The summed E-state index contributed by atoms with van der Waals surface area (Å²) in [6, 6.07) is 3.85. The molecule has 0 saturated carbocycles. The molecule has 1 aromatic heterocycles. The summed E-state index contributed by atoms with van der Waals surface area (Å²) in [5.74, 6) is 0.696. The molecule has 0 N–H and O–H groups in total. The van der Waals surface area contributed by atoms with E-state index in [1.165, 1.54) is 0 Å². The van der Waals surface area contributed by atoms with Crippen LogP contribution in [0.5, 0.6) is 5.75 Å². The first kappa shape index (κ1) is 10.1. The number of ether oxygens (including phenoxy) is 1. The van der Waals surface area contributed by atoms with Gasteiger partial charge in [0.15, 0.2) is 0 Å². The van der Waals surface area contributed by atoms with Crippen molar-refractivity contribution in [1.29, 1.82) is 0 Å². The van der Waals surface area contributed by atoms with Gasteiger partial charge in [0.2, 0.25) is 0 Å². The molecule has 0 bridgehead atoms. The maximum atomic E-state index is 6.16. The second kappa shape index (κ2) is 3.97. The first-order valence-electron chi connectivity index (χ1n) is 4.22. The average Bonchev–Trinajstić information content (AvgIpc) is 2.54. The lowest BCUT2D eigenvalue weighted by atomic mass is 10.2. The highest BCUT2D eigenvalue weighted by Crippen LogP contribution is 2.40. The molecule has 2 rings (SSSR count). The second-order valence-electron chi connectivity index (χ2n) is 2.77. The summed E-state index contributed by atoms with van der Waals surface area (Å²) >= 11 is 13.8. The Labute approximate surface area is 96.2 Å². The van der Waals surface area contributed by atoms with Gasteiger partial charge in [0.1, 0.15) is 5.75 Å². The minimum Gasteiger partial charge on any atom is -0.492 e. The first-order chi connectivity index (χ1) is 6.74. The molecular weight excluding hydrogens is 239 g/mol. The molecule has 0 unspecified atom stereocenters. The molecule has 0 aliphatic rings. The van der Waals surface area contributed by atoms with Crippen LogP contribution in [0.3, 0.4) is 0 Å². The number of thiophene rings is 1. The topological polar surface area (TPSA) is 9.23 Å². The molecule has 14 heavy (non-hydrogen) atoms. The fraction of sp³-hybridized carbons (Fsp3) is 0.200. The maximum absolute atomic E-state index is 6.16. The summed E-state index contributed by atoms with van der Waals surface area (Å²) < 4.78 is 6.47. The number of benzene rings is 1. The van der Waals surface area contributed by atoms with Crippen LogP contribution in [0, 0.1) is 0 Å². The SMILES string of the molecule is CCOc1ccc2scc(Cl)c2c1Cl. The highest BCUT2D eigenvalue weighted by molar-refractivity contribution is 7.18. The van der Waals surface area contributed by atoms with Crippen molar-refractivity contribution < 1.29 is 4.74 Å². The molecule has 0 saturated heterocycles. The van der Waals surface area contributed by atoms with Gasteiger partial charge >= 0.3 is 0 Å². The Bertz CT molecular complexity index is 464. The molecule has 0 amide bonds. The Balaban J connectivity index is 2.66. The fourth-order valence-electron chi connectivity index (χ4n) is 1.30. The van der Waals surface area contributed by atoms with E-state index < -0.39 is 0 Å².